The third-order valence-electron chi connectivity index (χ3n) is 4.16. The minimum absolute atomic E-state index is 0.0311. The van der Waals surface area contributed by atoms with Crippen molar-refractivity contribution in [3.05, 3.63) is 65.9 Å². The molecule has 0 aliphatic carbocycles. The largest absolute Gasteiger partial charge is 0.484 e. The van der Waals surface area contributed by atoms with E-state index in [2.05, 4.69) is 24.1 Å². The summed E-state index contributed by atoms with van der Waals surface area (Å²) in [6.45, 7) is 6.26. The number of fused-ring (bicyclic) bond motifs is 1. The highest BCUT2D eigenvalue weighted by Crippen LogP contribution is 2.24. The smallest absolute Gasteiger partial charge is 0.262 e. The number of amides is 1. The number of carbonyl (C=O) groups is 1. The molecule has 0 saturated heterocycles. The number of hydrogen-bond donors (Lipinski definition) is 1. The first-order valence-corrected chi connectivity index (χ1v) is 8.41. The topological polar surface area (TPSA) is 51.2 Å². The Labute approximate surface area is 147 Å². The van der Waals surface area contributed by atoms with E-state index in [-0.39, 0.29) is 12.5 Å². The molecule has 0 saturated carbocycles. The van der Waals surface area contributed by atoms with E-state index in [9.17, 15) is 4.79 Å². The lowest BCUT2D eigenvalue weighted by molar-refractivity contribution is -0.118. The normalized spacial score (nSPS) is 10.9. The number of anilines is 1. The Morgan fingerprint density at radius 1 is 1.12 bits per heavy atom. The maximum Gasteiger partial charge on any atom is 0.262 e. The van der Waals surface area contributed by atoms with Crippen LogP contribution in [0.25, 0.3) is 10.9 Å². The predicted molar refractivity (Wildman–Crippen MR) is 101 cm³/mol. The molecule has 2 aromatic carbocycles. The monoisotopic (exact) mass is 334 g/mol. The zero-order chi connectivity index (χ0) is 17.8. The summed E-state index contributed by atoms with van der Waals surface area (Å²) in [4.78, 5) is 16.6. The average Bonchev–Trinajstić information content (AvgIpc) is 2.63. The molecule has 0 radical (unpaired) electrons. The van der Waals surface area contributed by atoms with E-state index >= 15 is 0 Å². The van der Waals surface area contributed by atoms with Crippen molar-refractivity contribution in [2.45, 2.75) is 26.7 Å². The fourth-order valence-electron chi connectivity index (χ4n) is 2.71. The number of rotatable bonds is 5. The minimum atomic E-state index is -0.193. The molecule has 0 aliphatic rings. The van der Waals surface area contributed by atoms with Gasteiger partial charge in [0, 0.05) is 11.6 Å². The molecule has 3 rings (SSSR count). The molecule has 0 atom stereocenters. The summed E-state index contributed by atoms with van der Waals surface area (Å²) in [6.07, 6.45) is 1.75. The summed E-state index contributed by atoms with van der Waals surface area (Å²) in [5.41, 5.74) is 3.97. The summed E-state index contributed by atoms with van der Waals surface area (Å²) in [6, 6.07) is 15.5. The van der Waals surface area contributed by atoms with Crippen LogP contribution in [0.2, 0.25) is 0 Å². The van der Waals surface area contributed by atoms with Crippen LogP contribution in [0.4, 0.5) is 5.69 Å². The van der Waals surface area contributed by atoms with E-state index in [1.54, 1.807) is 6.20 Å². The van der Waals surface area contributed by atoms with Gasteiger partial charge in [0.2, 0.25) is 0 Å². The SMILES string of the molecule is Cc1ccc(NC(=O)COc2ccc(C(C)C)cc2)c2cccnc12. The summed E-state index contributed by atoms with van der Waals surface area (Å²) in [7, 11) is 0. The summed E-state index contributed by atoms with van der Waals surface area (Å²) in [5, 5.41) is 3.84. The maximum absolute atomic E-state index is 12.2. The maximum atomic E-state index is 12.2. The molecule has 4 nitrogen and oxygen atoms in total. The van der Waals surface area contributed by atoms with Crippen molar-refractivity contribution in [3.63, 3.8) is 0 Å². The summed E-state index contributed by atoms with van der Waals surface area (Å²) in [5.74, 6) is 0.970. The molecule has 3 aromatic rings. The number of pyridine rings is 1. The van der Waals surface area contributed by atoms with Gasteiger partial charge in [0.1, 0.15) is 5.75 Å². The molecule has 1 amide bonds. The van der Waals surface area contributed by atoms with Gasteiger partial charge in [-0.3, -0.25) is 9.78 Å². The van der Waals surface area contributed by atoms with Gasteiger partial charge in [-0.1, -0.05) is 32.0 Å². The van der Waals surface area contributed by atoms with Gasteiger partial charge >= 0.3 is 0 Å². The zero-order valence-corrected chi connectivity index (χ0v) is 14.7. The first kappa shape index (κ1) is 17.0. The molecule has 0 spiro atoms. The molecule has 0 unspecified atom stereocenters. The predicted octanol–water partition coefficient (Wildman–Crippen LogP) is 4.68. The molecule has 0 fully saturated rings. The lowest BCUT2D eigenvalue weighted by Crippen LogP contribution is -2.20. The Morgan fingerprint density at radius 3 is 2.60 bits per heavy atom. The molecule has 1 heterocycles. The number of carbonyl (C=O) groups excluding carboxylic acids is 1. The number of benzene rings is 2. The number of aryl methyl sites for hydroxylation is 1. The minimum Gasteiger partial charge on any atom is -0.484 e. The molecule has 1 N–H and O–H groups in total. The highest BCUT2D eigenvalue weighted by molar-refractivity contribution is 6.02. The number of nitrogens with one attached hydrogen (secondary N) is 1. The molecule has 0 bridgehead atoms. The Morgan fingerprint density at radius 2 is 1.88 bits per heavy atom. The van der Waals surface area contributed by atoms with E-state index in [1.165, 1.54) is 5.56 Å². The second kappa shape index (κ2) is 7.34. The molecule has 4 heteroatoms. The van der Waals surface area contributed by atoms with E-state index in [4.69, 9.17) is 4.74 Å². The Balaban J connectivity index is 1.66. The molecule has 128 valence electrons. The van der Waals surface area contributed by atoms with E-state index in [0.717, 1.165) is 22.2 Å². The van der Waals surface area contributed by atoms with Crippen molar-refractivity contribution in [2.75, 3.05) is 11.9 Å². The van der Waals surface area contributed by atoms with Crippen LogP contribution in [-0.4, -0.2) is 17.5 Å². The van der Waals surface area contributed by atoms with Crippen molar-refractivity contribution in [3.8, 4) is 5.75 Å². The summed E-state index contributed by atoms with van der Waals surface area (Å²) < 4.78 is 5.58. The van der Waals surface area contributed by atoms with Crippen LogP contribution in [0.1, 0.15) is 30.9 Å². The molecule has 1 aromatic heterocycles. The van der Waals surface area contributed by atoms with Crippen molar-refractivity contribution >= 4 is 22.5 Å². The van der Waals surface area contributed by atoms with Crippen LogP contribution >= 0.6 is 0 Å². The Bertz CT molecular complexity index is 886. The van der Waals surface area contributed by atoms with E-state index in [1.807, 2.05) is 55.5 Å². The first-order valence-electron chi connectivity index (χ1n) is 8.41. The van der Waals surface area contributed by atoms with E-state index in [0.29, 0.717) is 11.7 Å². The molecule has 0 aliphatic heterocycles. The quantitative estimate of drug-likeness (QED) is 0.737. The third-order valence-corrected chi connectivity index (χ3v) is 4.16. The van der Waals surface area contributed by atoms with Gasteiger partial charge in [0.05, 0.1) is 11.2 Å². The Kier molecular flexibility index (Phi) is 4.98. The van der Waals surface area contributed by atoms with Crippen molar-refractivity contribution in [1.29, 1.82) is 0 Å². The third kappa shape index (κ3) is 3.97. The summed E-state index contributed by atoms with van der Waals surface area (Å²) >= 11 is 0. The van der Waals surface area contributed by atoms with Gasteiger partial charge in [-0.15, -0.1) is 0 Å². The van der Waals surface area contributed by atoms with E-state index < -0.39 is 0 Å². The van der Waals surface area contributed by atoms with Crippen molar-refractivity contribution < 1.29 is 9.53 Å². The molecule has 25 heavy (non-hydrogen) atoms. The number of hydrogen-bond acceptors (Lipinski definition) is 3. The highest BCUT2D eigenvalue weighted by Gasteiger charge is 2.09. The zero-order valence-electron chi connectivity index (χ0n) is 14.7. The highest BCUT2D eigenvalue weighted by atomic mass is 16.5. The van der Waals surface area contributed by atoms with Gasteiger partial charge in [0.15, 0.2) is 6.61 Å². The fourth-order valence-corrected chi connectivity index (χ4v) is 2.71. The number of aromatic nitrogens is 1. The number of nitrogens with zero attached hydrogens (tertiary/aromatic N) is 1. The first-order chi connectivity index (χ1) is 12.0. The van der Waals surface area contributed by atoms with Crippen LogP contribution in [0.15, 0.2) is 54.7 Å². The second-order valence-corrected chi connectivity index (χ2v) is 6.39. The van der Waals surface area contributed by atoms with Crippen LogP contribution in [0, 0.1) is 6.92 Å². The van der Waals surface area contributed by atoms with Crippen LogP contribution < -0.4 is 10.1 Å². The second-order valence-electron chi connectivity index (χ2n) is 6.39. The standard InChI is InChI=1S/C21H22N2O2/c1-14(2)16-7-9-17(10-8-16)25-13-20(24)23-19-11-6-15(3)21-18(19)5-4-12-22-21/h4-12,14H,13H2,1-3H3,(H,23,24). The molecular weight excluding hydrogens is 312 g/mol. The lowest BCUT2D eigenvalue weighted by atomic mass is 10.0. The number of ether oxygens (including phenoxy) is 1. The van der Waals surface area contributed by atoms with Gasteiger partial charge in [-0.05, 0) is 54.3 Å². The van der Waals surface area contributed by atoms with Crippen molar-refractivity contribution in [2.24, 2.45) is 0 Å². The Hall–Kier alpha value is -2.88. The van der Waals surface area contributed by atoms with Gasteiger partial charge < -0.3 is 10.1 Å². The molecular formula is C21H22N2O2. The fraction of sp³-hybridized carbons (Fsp3) is 0.238. The van der Waals surface area contributed by atoms with Crippen LogP contribution in [0.3, 0.4) is 0 Å². The van der Waals surface area contributed by atoms with Gasteiger partial charge in [-0.25, -0.2) is 0 Å². The average molecular weight is 334 g/mol. The van der Waals surface area contributed by atoms with Crippen LogP contribution in [-0.2, 0) is 4.79 Å². The lowest BCUT2D eigenvalue weighted by Gasteiger charge is -2.11. The van der Waals surface area contributed by atoms with Gasteiger partial charge in [-0.2, -0.15) is 0 Å². The van der Waals surface area contributed by atoms with Gasteiger partial charge in [0.25, 0.3) is 5.91 Å². The van der Waals surface area contributed by atoms with Crippen LogP contribution in [0.5, 0.6) is 5.75 Å². The van der Waals surface area contributed by atoms with Crippen molar-refractivity contribution in [1.82, 2.24) is 4.98 Å².